The average molecular weight is 337 g/mol. The number of amides is 1. The van der Waals surface area contributed by atoms with E-state index < -0.39 is 11.7 Å². The van der Waals surface area contributed by atoms with Gasteiger partial charge in [-0.3, -0.25) is 0 Å². The van der Waals surface area contributed by atoms with Crippen molar-refractivity contribution in [3.63, 3.8) is 0 Å². The molecule has 2 rings (SSSR count). The summed E-state index contributed by atoms with van der Waals surface area (Å²) in [6.45, 7) is 9.44. The van der Waals surface area contributed by atoms with Crippen LogP contribution in [0.3, 0.4) is 0 Å². The van der Waals surface area contributed by atoms with Gasteiger partial charge in [-0.25, -0.2) is 4.79 Å². The van der Waals surface area contributed by atoms with Crippen LogP contribution in [0.5, 0.6) is 0 Å². The number of hydrogen-bond donors (Lipinski definition) is 1. The lowest BCUT2D eigenvalue weighted by Gasteiger charge is -2.25. The molecule has 25 heavy (non-hydrogen) atoms. The molecule has 0 saturated carbocycles. The van der Waals surface area contributed by atoms with Gasteiger partial charge in [0.1, 0.15) is 5.60 Å². The van der Waals surface area contributed by atoms with Crippen LogP contribution in [0.15, 0.2) is 73.3 Å². The highest BCUT2D eigenvalue weighted by molar-refractivity contribution is 5.68. The zero-order valence-electron chi connectivity index (χ0n) is 15.2. The maximum atomic E-state index is 12.1. The van der Waals surface area contributed by atoms with Crippen molar-refractivity contribution in [2.24, 2.45) is 0 Å². The average Bonchev–Trinajstić information content (AvgIpc) is 2.58. The van der Waals surface area contributed by atoms with Gasteiger partial charge >= 0.3 is 6.09 Å². The van der Waals surface area contributed by atoms with E-state index in [2.05, 4.69) is 36.2 Å². The van der Waals surface area contributed by atoms with Gasteiger partial charge in [0.25, 0.3) is 0 Å². The second kappa shape index (κ2) is 8.52. The van der Waals surface area contributed by atoms with Gasteiger partial charge in [0, 0.05) is 5.92 Å². The van der Waals surface area contributed by atoms with Gasteiger partial charge in [-0.15, -0.1) is 6.58 Å². The fraction of sp³-hybridized carbons (Fsp3) is 0.318. The zero-order chi connectivity index (χ0) is 18.3. The zero-order valence-corrected chi connectivity index (χ0v) is 15.2. The highest BCUT2D eigenvalue weighted by atomic mass is 16.6. The molecule has 0 aromatic heterocycles. The van der Waals surface area contributed by atoms with Crippen LogP contribution in [0.1, 0.15) is 44.2 Å². The van der Waals surface area contributed by atoms with Crippen molar-refractivity contribution in [1.29, 1.82) is 0 Å². The summed E-state index contributed by atoms with van der Waals surface area (Å²) in [7, 11) is 0. The number of nitrogens with one attached hydrogen (secondary N) is 1. The first-order valence-electron chi connectivity index (χ1n) is 8.61. The second-order valence-corrected chi connectivity index (χ2v) is 7.10. The summed E-state index contributed by atoms with van der Waals surface area (Å²) in [5, 5.41) is 2.91. The van der Waals surface area contributed by atoms with Crippen LogP contribution in [0.25, 0.3) is 0 Å². The minimum atomic E-state index is -0.520. The minimum Gasteiger partial charge on any atom is -0.444 e. The number of ether oxygens (including phenoxy) is 1. The molecule has 1 N–H and O–H groups in total. The van der Waals surface area contributed by atoms with E-state index in [1.807, 2.05) is 57.2 Å². The van der Waals surface area contributed by atoms with E-state index in [-0.39, 0.29) is 12.0 Å². The van der Waals surface area contributed by atoms with Crippen molar-refractivity contribution >= 4 is 6.09 Å². The molecule has 1 amide bonds. The summed E-state index contributed by atoms with van der Waals surface area (Å²) >= 11 is 0. The molecule has 2 aromatic carbocycles. The Hall–Kier alpha value is -2.55. The minimum absolute atomic E-state index is 0.167. The Kier molecular flexibility index (Phi) is 6.40. The topological polar surface area (TPSA) is 38.3 Å². The molecule has 0 saturated heterocycles. The molecule has 0 spiro atoms. The molecule has 1 atom stereocenters. The van der Waals surface area contributed by atoms with Gasteiger partial charge in [-0.2, -0.15) is 0 Å². The van der Waals surface area contributed by atoms with Crippen LogP contribution < -0.4 is 5.32 Å². The lowest BCUT2D eigenvalue weighted by atomic mass is 9.86. The molecule has 0 aliphatic carbocycles. The third kappa shape index (κ3) is 6.11. The number of carbonyl (C=O) groups is 1. The van der Waals surface area contributed by atoms with Crippen LogP contribution in [-0.4, -0.2) is 17.7 Å². The Morgan fingerprint density at radius 1 is 1.04 bits per heavy atom. The van der Waals surface area contributed by atoms with Crippen molar-refractivity contribution in [1.82, 2.24) is 5.32 Å². The summed E-state index contributed by atoms with van der Waals surface area (Å²) in [6.07, 6.45) is 2.07. The molecule has 0 radical (unpaired) electrons. The Morgan fingerprint density at radius 3 is 1.92 bits per heavy atom. The maximum Gasteiger partial charge on any atom is 0.408 e. The number of rotatable bonds is 6. The van der Waals surface area contributed by atoms with Gasteiger partial charge in [0.15, 0.2) is 0 Å². The first kappa shape index (κ1) is 18.8. The summed E-state index contributed by atoms with van der Waals surface area (Å²) in [5.74, 6) is 0.167. The Balaban J connectivity index is 2.17. The Labute approximate surface area is 150 Å². The van der Waals surface area contributed by atoms with E-state index in [9.17, 15) is 4.79 Å². The standard InChI is InChI=1S/C22H27NO2/c1-5-19(23-21(24)25-22(2,3)4)16-20(17-12-8-6-9-13-17)18-14-10-7-11-15-18/h5-15,19-20H,1,16H2,2-4H3,(H,23,24)/t19-/m0/s1. The molecule has 0 unspecified atom stereocenters. The molecule has 2 aromatic rings. The lowest BCUT2D eigenvalue weighted by Crippen LogP contribution is -2.39. The van der Waals surface area contributed by atoms with E-state index in [1.54, 1.807) is 6.08 Å². The van der Waals surface area contributed by atoms with E-state index >= 15 is 0 Å². The van der Waals surface area contributed by atoms with E-state index in [0.29, 0.717) is 0 Å². The molecular formula is C22H27NO2. The highest BCUT2D eigenvalue weighted by Crippen LogP contribution is 2.29. The summed E-state index contributed by atoms with van der Waals surface area (Å²) in [5.41, 5.74) is 1.91. The van der Waals surface area contributed by atoms with Crippen molar-refractivity contribution in [2.45, 2.75) is 44.8 Å². The van der Waals surface area contributed by atoms with Crippen LogP contribution in [0, 0.1) is 0 Å². The predicted molar refractivity (Wildman–Crippen MR) is 103 cm³/mol. The fourth-order valence-electron chi connectivity index (χ4n) is 2.76. The number of carbonyl (C=O) groups excluding carboxylic acids is 1. The quantitative estimate of drug-likeness (QED) is 0.728. The van der Waals surface area contributed by atoms with Crippen LogP contribution in [-0.2, 0) is 4.74 Å². The molecular weight excluding hydrogens is 310 g/mol. The smallest absolute Gasteiger partial charge is 0.408 e. The molecule has 0 bridgehead atoms. The monoisotopic (exact) mass is 337 g/mol. The normalized spacial score (nSPS) is 12.5. The maximum absolute atomic E-state index is 12.1. The predicted octanol–water partition coefficient (Wildman–Crippen LogP) is 5.29. The van der Waals surface area contributed by atoms with E-state index in [0.717, 1.165) is 6.42 Å². The van der Waals surface area contributed by atoms with Crippen LogP contribution >= 0.6 is 0 Å². The number of benzene rings is 2. The summed E-state index contributed by atoms with van der Waals surface area (Å²) in [4.78, 5) is 12.1. The van der Waals surface area contributed by atoms with Gasteiger partial charge < -0.3 is 10.1 Å². The summed E-state index contributed by atoms with van der Waals surface area (Å²) < 4.78 is 5.37. The molecule has 3 nitrogen and oxygen atoms in total. The lowest BCUT2D eigenvalue weighted by molar-refractivity contribution is 0.0512. The molecule has 0 heterocycles. The van der Waals surface area contributed by atoms with Gasteiger partial charge in [-0.1, -0.05) is 66.7 Å². The SMILES string of the molecule is C=C[C@@H](CC(c1ccccc1)c1ccccc1)NC(=O)OC(C)(C)C. The molecule has 3 heteroatoms. The van der Waals surface area contributed by atoms with E-state index in [1.165, 1.54) is 11.1 Å². The van der Waals surface area contributed by atoms with Crippen molar-refractivity contribution in [2.75, 3.05) is 0 Å². The Morgan fingerprint density at radius 2 is 1.52 bits per heavy atom. The number of hydrogen-bond acceptors (Lipinski definition) is 2. The van der Waals surface area contributed by atoms with Crippen molar-refractivity contribution < 1.29 is 9.53 Å². The fourth-order valence-corrected chi connectivity index (χ4v) is 2.76. The number of alkyl carbamates (subject to hydrolysis) is 1. The van der Waals surface area contributed by atoms with Crippen molar-refractivity contribution in [3.05, 3.63) is 84.4 Å². The van der Waals surface area contributed by atoms with Crippen molar-refractivity contribution in [3.8, 4) is 0 Å². The van der Waals surface area contributed by atoms with Gasteiger partial charge in [-0.05, 0) is 38.3 Å². The third-order valence-electron chi connectivity index (χ3n) is 3.88. The largest absolute Gasteiger partial charge is 0.444 e. The first-order valence-corrected chi connectivity index (χ1v) is 8.61. The van der Waals surface area contributed by atoms with Gasteiger partial charge in [0.2, 0.25) is 0 Å². The van der Waals surface area contributed by atoms with E-state index in [4.69, 9.17) is 4.74 Å². The molecule has 0 aliphatic rings. The van der Waals surface area contributed by atoms with Gasteiger partial charge in [0.05, 0.1) is 6.04 Å². The molecule has 132 valence electrons. The molecule has 0 aliphatic heterocycles. The van der Waals surface area contributed by atoms with Crippen LogP contribution in [0.4, 0.5) is 4.79 Å². The van der Waals surface area contributed by atoms with Crippen LogP contribution in [0.2, 0.25) is 0 Å². The first-order chi connectivity index (χ1) is 11.9. The third-order valence-corrected chi connectivity index (χ3v) is 3.88. The second-order valence-electron chi connectivity index (χ2n) is 7.10. The summed E-state index contributed by atoms with van der Waals surface area (Å²) in [6, 6.07) is 20.5. The molecule has 0 fully saturated rings. The highest BCUT2D eigenvalue weighted by Gasteiger charge is 2.22. The Bertz CT molecular complexity index is 635.